The normalized spacial score (nSPS) is 24.0. The number of nitrogens with one attached hydrogen (secondary N) is 1. The van der Waals surface area contributed by atoms with E-state index in [1.165, 1.54) is 0 Å². The molecule has 3 heterocycles. The highest BCUT2D eigenvalue weighted by atomic mass is 35.5. The first-order valence-corrected chi connectivity index (χ1v) is 13.9. The van der Waals surface area contributed by atoms with Gasteiger partial charge in [0, 0.05) is 53.8 Å². The van der Waals surface area contributed by atoms with Crippen molar-refractivity contribution < 1.29 is 20.1 Å². The van der Waals surface area contributed by atoms with Crippen molar-refractivity contribution in [2.24, 2.45) is 5.41 Å². The van der Waals surface area contributed by atoms with Crippen molar-refractivity contribution in [2.75, 3.05) is 26.2 Å². The number of likely N-dealkylation sites (tertiary alicyclic amines) is 1. The van der Waals surface area contributed by atoms with Crippen LogP contribution in [0.5, 0.6) is 5.75 Å². The minimum Gasteiger partial charge on any atom is -0.462 e. The molecule has 5 rings (SSSR count). The van der Waals surface area contributed by atoms with Gasteiger partial charge in [0.05, 0.1) is 24.0 Å². The van der Waals surface area contributed by atoms with Crippen molar-refractivity contribution in [1.82, 2.24) is 10.2 Å². The molecule has 6 nitrogen and oxygen atoms in total. The summed E-state index contributed by atoms with van der Waals surface area (Å²) in [6, 6.07) is 13.5. The lowest BCUT2D eigenvalue weighted by atomic mass is 9.66. The monoisotopic (exact) mass is 548 g/mol. The molecule has 4 N–H and O–H groups in total. The maximum Gasteiger partial charge on any atom is 0.134 e. The van der Waals surface area contributed by atoms with Gasteiger partial charge in [-0.15, -0.1) is 0 Å². The predicted octanol–water partition coefficient (Wildman–Crippen LogP) is 4.91. The minimum atomic E-state index is -0.912. The summed E-state index contributed by atoms with van der Waals surface area (Å²) in [4.78, 5) is 2.42. The first-order chi connectivity index (χ1) is 18.7. The molecule has 1 fully saturated rings. The van der Waals surface area contributed by atoms with Crippen LogP contribution in [-0.4, -0.2) is 52.6 Å². The standard InChI is InChI=1S/C32H37ClN2O4/c1-31(2)21-35(16-13-32(31,38)23-8-10-24(33)11-9-23)15-4-6-26-27-5-3-14-34-29(27)20-39-30-12-7-22(18-28(26)30)17-25(37)19-36/h3,5-12,14,18,20,25,34,36-38H,4,13,15-17,19,21H2,1-2H3. The molecule has 206 valence electrons. The second kappa shape index (κ2) is 11.3. The summed E-state index contributed by atoms with van der Waals surface area (Å²) in [5, 5.41) is 35.0. The SMILES string of the molecule is CC1(C)CN(CCC=C2C3=CC=CNC3=COc3ccc(CC(O)CO)cc32)CCC1(O)c1ccc(Cl)cc1. The van der Waals surface area contributed by atoms with Crippen molar-refractivity contribution in [3.8, 4) is 5.75 Å². The number of ether oxygens (including phenoxy) is 1. The molecule has 1 saturated heterocycles. The van der Waals surface area contributed by atoms with E-state index in [0.29, 0.717) is 17.9 Å². The van der Waals surface area contributed by atoms with Gasteiger partial charge in [-0.1, -0.05) is 55.8 Å². The van der Waals surface area contributed by atoms with Crippen LogP contribution in [0.4, 0.5) is 0 Å². The molecule has 2 aromatic carbocycles. The van der Waals surface area contributed by atoms with E-state index in [4.69, 9.17) is 16.3 Å². The second-order valence-electron chi connectivity index (χ2n) is 11.3. The number of allylic oxidation sites excluding steroid dienone is 3. The number of rotatable bonds is 7. The Morgan fingerprint density at radius 3 is 2.72 bits per heavy atom. The fourth-order valence-corrected chi connectivity index (χ4v) is 6.02. The van der Waals surface area contributed by atoms with Gasteiger partial charge in [0.2, 0.25) is 0 Å². The Kier molecular flexibility index (Phi) is 8.04. The fraction of sp³-hybridized carbons (Fsp3) is 0.375. The zero-order chi connectivity index (χ0) is 27.6. The molecule has 0 saturated carbocycles. The van der Waals surface area contributed by atoms with E-state index in [9.17, 15) is 15.3 Å². The molecule has 0 bridgehead atoms. The van der Waals surface area contributed by atoms with Crippen LogP contribution in [0.2, 0.25) is 5.02 Å². The molecule has 0 spiro atoms. The first-order valence-electron chi connectivity index (χ1n) is 13.5. The molecule has 0 radical (unpaired) electrons. The average Bonchev–Trinajstić information content (AvgIpc) is 3.07. The summed E-state index contributed by atoms with van der Waals surface area (Å²) in [6.45, 7) is 6.42. The first kappa shape index (κ1) is 27.7. The third kappa shape index (κ3) is 5.72. The summed E-state index contributed by atoms with van der Waals surface area (Å²) in [5.41, 5.74) is 4.57. The van der Waals surface area contributed by atoms with Gasteiger partial charge in [0.1, 0.15) is 12.0 Å². The van der Waals surface area contributed by atoms with E-state index >= 15 is 0 Å². The van der Waals surface area contributed by atoms with Crippen LogP contribution in [0, 0.1) is 5.41 Å². The van der Waals surface area contributed by atoms with E-state index < -0.39 is 11.7 Å². The Bertz CT molecular complexity index is 1330. The summed E-state index contributed by atoms with van der Waals surface area (Å²) in [6.07, 6.45) is 11.0. The number of aliphatic hydroxyl groups excluding tert-OH is 2. The van der Waals surface area contributed by atoms with Gasteiger partial charge in [-0.05, 0) is 59.9 Å². The Morgan fingerprint density at radius 1 is 1.18 bits per heavy atom. The number of aliphatic hydroxyl groups is 3. The van der Waals surface area contributed by atoms with Gasteiger partial charge < -0.3 is 30.3 Å². The number of hydrogen-bond donors (Lipinski definition) is 4. The fourth-order valence-electron chi connectivity index (χ4n) is 5.89. The molecule has 0 aromatic heterocycles. The van der Waals surface area contributed by atoms with Crippen molar-refractivity contribution in [3.05, 3.63) is 106 Å². The van der Waals surface area contributed by atoms with Crippen molar-refractivity contribution >= 4 is 17.2 Å². The van der Waals surface area contributed by atoms with Crippen LogP contribution in [-0.2, 0) is 12.0 Å². The molecule has 0 amide bonds. The van der Waals surface area contributed by atoms with Gasteiger partial charge in [-0.2, -0.15) is 0 Å². The summed E-state index contributed by atoms with van der Waals surface area (Å²) < 4.78 is 6.03. The highest BCUT2D eigenvalue weighted by molar-refractivity contribution is 6.30. The molecule has 2 unspecified atom stereocenters. The topological polar surface area (TPSA) is 85.2 Å². The molecule has 3 aliphatic rings. The van der Waals surface area contributed by atoms with Gasteiger partial charge >= 0.3 is 0 Å². The van der Waals surface area contributed by atoms with E-state index in [1.807, 2.05) is 54.7 Å². The summed E-state index contributed by atoms with van der Waals surface area (Å²) >= 11 is 6.09. The third-order valence-electron chi connectivity index (χ3n) is 8.14. The van der Waals surface area contributed by atoms with Crippen LogP contribution in [0.25, 0.3) is 5.57 Å². The van der Waals surface area contributed by atoms with Gasteiger partial charge in [0.25, 0.3) is 0 Å². The molecule has 3 aliphatic heterocycles. The van der Waals surface area contributed by atoms with Crippen LogP contribution in [0.3, 0.4) is 0 Å². The average molecular weight is 549 g/mol. The lowest BCUT2D eigenvalue weighted by Gasteiger charge is -2.50. The molecule has 0 aliphatic carbocycles. The smallest absolute Gasteiger partial charge is 0.134 e. The predicted molar refractivity (Wildman–Crippen MR) is 155 cm³/mol. The number of dihydropyridines is 1. The van der Waals surface area contributed by atoms with E-state index in [1.54, 1.807) is 6.26 Å². The summed E-state index contributed by atoms with van der Waals surface area (Å²) in [5.74, 6) is 0.750. The van der Waals surface area contributed by atoms with E-state index in [2.05, 4.69) is 36.2 Å². The number of piperidine rings is 1. The second-order valence-corrected chi connectivity index (χ2v) is 11.7. The lowest BCUT2D eigenvalue weighted by molar-refractivity contribution is -0.125. The third-order valence-corrected chi connectivity index (χ3v) is 8.39. The zero-order valence-corrected chi connectivity index (χ0v) is 23.3. The highest BCUT2D eigenvalue weighted by Gasteiger charge is 2.48. The lowest BCUT2D eigenvalue weighted by Crippen LogP contribution is -2.55. The number of nitrogens with zero attached hydrogens (tertiary/aromatic N) is 1. The Labute approximate surface area is 235 Å². The van der Waals surface area contributed by atoms with E-state index in [0.717, 1.165) is 65.3 Å². The van der Waals surface area contributed by atoms with Crippen LogP contribution >= 0.6 is 11.6 Å². The quantitative estimate of drug-likeness (QED) is 0.393. The van der Waals surface area contributed by atoms with Crippen molar-refractivity contribution in [1.29, 1.82) is 0 Å². The van der Waals surface area contributed by atoms with Crippen LogP contribution in [0.15, 0.2) is 84.4 Å². The Balaban J connectivity index is 1.36. The molecule has 2 aromatic rings. The maximum absolute atomic E-state index is 11.7. The van der Waals surface area contributed by atoms with Gasteiger partial charge in [-0.25, -0.2) is 0 Å². The van der Waals surface area contributed by atoms with Gasteiger partial charge in [-0.3, -0.25) is 0 Å². The van der Waals surface area contributed by atoms with Gasteiger partial charge in [0.15, 0.2) is 0 Å². The zero-order valence-electron chi connectivity index (χ0n) is 22.5. The number of halogens is 1. The van der Waals surface area contributed by atoms with Crippen molar-refractivity contribution in [3.63, 3.8) is 0 Å². The van der Waals surface area contributed by atoms with E-state index in [-0.39, 0.29) is 12.0 Å². The summed E-state index contributed by atoms with van der Waals surface area (Å²) in [7, 11) is 0. The van der Waals surface area contributed by atoms with Crippen LogP contribution < -0.4 is 10.1 Å². The molecule has 39 heavy (non-hydrogen) atoms. The maximum atomic E-state index is 11.7. The van der Waals surface area contributed by atoms with Crippen molar-refractivity contribution in [2.45, 2.75) is 44.8 Å². The molecular formula is C32H37ClN2O4. The molecule has 2 atom stereocenters. The number of benzene rings is 2. The minimum absolute atomic E-state index is 0.277. The highest BCUT2D eigenvalue weighted by Crippen LogP contribution is 2.46. The molecule has 7 heteroatoms. The number of fused-ring (bicyclic) bond motifs is 2. The van der Waals surface area contributed by atoms with Crippen LogP contribution in [0.1, 0.15) is 43.4 Å². The Hall–Kier alpha value is -2.87. The largest absolute Gasteiger partial charge is 0.462 e. The number of hydrogen-bond acceptors (Lipinski definition) is 6. The molecular weight excluding hydrogens is 512 g/mol. The Morgan fingerprint density at radius 2 is 1.97 bits per heavy atom.